The molecule has 0 aliphatic heterocycles. The largest absolute Gasteiger partial charge is 0.465 e. The van der Waals surface area contributed by atoms with Crippen molar-refractivity contribution < 1.29 is 14.3 Å². The van der Waals surface area contributed by atoms with Gasteiger partial charge in [0.1, 0.15) is 5.41 Å². The summed E-state index contributed by atoms with van der Waals surface area (Å²) in [7, 11) is 0. The first-order valence-corrected chi connectivity index (χ1v) is 6.10. The zero-order valence-electron chi connectivity index (χ0n) is 9.99. The van der Waals surface area contributed by atoms with Crippen LogP contribution in [0.2, 0.25) is 0 Å². The van der Waals surface area contributed by atoms with E-state index in [9.17, 15) is 9.59 Å². The molecule has 0 aliphatic carbocycles. The van der Waals surface area contributed by atoms with Gasteiger partial charge in [0.15, 0.2) is 5.78 Å². The van der Waals surface area contributed by atoms with E-state index in [1.54, 1.807) is 26.2 Å². The molecule has 0 aliphatic rings. The molecule has 1 aromatic heterocycles. The fourth-order valence-electron chi connectivity index (χ4n) is 1.33. The molecule has 0 N–H and O–H groups in total. The average molecular weight is 240 g/mol. The number of hydrogen-bond donors (Lipinski definition) is 0. The van der Waals surface area contributed by atoms with Gasteiger partial charge in [0.25, 0.3) is 0 Å². The van der Waals surface area contributed by atoms with Crippen molar-refractivity contribution in [3.05, 3.63) is 21.9 Å². The lowest BCUT2D eigenvalue weighted by atomic mass is 9.84. The van der Waals surface area contributed by atoms with Gasteiger partial charge < -0.3 is 4.74 Å². The zero-order valence-corrected chi connectivity index (χ0v) is 10.8. The molecule has 16 heavy (non-hydrogen) atoms. The number of ketones is 1. The van der Waals surface area contributed by atoms with Gasteiger partial charge in [-0.05, 0) is 38.6 Å². The van der Waals surface area contributed by atoms with Crippen LogP contribution in [-0.4, -0.2) is 18.4 Å². The van der Waals surface area contributed by atoms with Crippen molar-refractivity contribution in [1.29, 1.82) is 0 Å². The highest BCUT2D eigenvalue weighted by Crippen LogP contribution is 2.27. The van der Waals surface area contributed by atoms with E-state index in [0.29, 0.717) is 5.56 Å². The molecule has 0 spiro atoms. The van der Waals surface area contributed by atoms with Gasteiger partial charge in [-0.3, -0.25) is 9.59 Å². The van der Waals surface area contributed by atoms with E-state index in [1.165, 1.54) is 11.3 Å². The van der Waals surface area contributed by atoms with Crippen LogP contribution in [0.3, 0.4) is 0 Å². The molecule has 0 aromatic carbocycles. The topological polar surface area (TPSA) is 43.4 Å². The highest BCUT2D eigenvalue weighted by Gasteiger charge is 2.38. The number of carbonyl (C=O) groups excluding carboxylic acids is 2. The first-order valence-electron chi connectivity index (χ1n) is 5.16. The SMILES string of the molecule is CCOC(=O)C(C)(C)C(=O)c1cscc1C. The van der Waals surface area contributed by atoms with Gasteiger partial charge in [0.05, 0.1) is 6.61 Å². The first kappa shape index (κ1) is 12.9. The minimum Gasteiger partial charge on any atom is -0.465 e. The summed E-state index contributed by atoms with van der Waals surface area (Å²) in [6.45, 7) is 7.09. The van der Waals surface area contributed by atoms with E-state index in [2.05, 4.69) is 0 Å². The first-order chi connectivity index (χ1) is 7.41. The van der Waals surface area contributed by atoms with Gasteiger partial charge in [-0.2, -0.15) is 11.3 Å². The maximum absolute atomic E-state index is 12.2. The summed E-state index contributed by atoms with van der Waals surface area (Å²) in [5, 5.41) is 3.67. The molecule has 88 valence electrons. The van der Waals surface area contributed by atoms with E-state index in [0.717, 1.165) is 5.56 Å². The Morgan fingerprint density at radius 2 is 2.00 bits per heavy atom. The van der Waals surface area contributed by atoms with Crippen LogP contribution in [0, 0.1) is 12.3 Å². The van der Waals surface area contributed by atoms with Crippen molar-refractivity contribution in [3.8, 4) is 0 Å². The lowest BCUT2D eigenvalue weighted by molar-refractivity contribution is -0.150. The van der Waals surface area contributed by atoms with Gasteiger partial charge >= 0.3 is 5.97 Å². The third-order valence-electron chi connectivity index (χ3n) is 2.45. The molecule has 1 rings (SSSR count). The molecule has 4 heteroatoms. The molecule has 0 bridgehead atoms. The van der Waals surface area contributed by atoms with Crippen molar-refractivity contribution in [1.82, 2.24) is 0 Å². The number of aryl methyl sites for hydroxylation is 1. The number of Topliss-reactive ketones (excluding diaryl/α,β-unsaturated/α-hetero) is 1. The molecule has 0 radical (unpaired) electrons. The summed E-state index contributed by atoms with van der Waals surface area (Å²) in [6, 6.07) is 0. The standard InChI is InChI=1S/C12H16O3S/c1-5-15-11(14)12(3,4)10(13)9-7-16-6-8(9)2/h6-7H,5H2,1-4H3. The van der Waals surface area contributed by atoms with Crippen molar-refractivity contribution in [2.24, 2.45) is 5.41 Å². The lowest BCUT2D eigenvalue weighted by Gasteiger charge is -2.20. The molecule has 0 fully saturated rings. The highest BCUT2D eigenvalue weighted by atomic mass is 32.1. The molecule has 1 heterocycles. The summed E-state index contributed by atoms with van der Waals surface area (Å²) in [4.78, 5) is 23.8. The minimum absolute atomic E-state index is 0.176. The van der Waals surface area contributed by atoms with Crippen LogP contribution in [0.1, 0.15) is 36.7 Å². The Kier molecular flexibility index (Phi) is 3.86. The molecule has 1 aromatic rings. The smallest absolute Gasteiger partial charge is 0.319 e. The van der Waals surface area contributed by atoms with E-state index in [1.807, 2.05) is 12.3 Å². The van der Waals surface area contributed by atoms with Gasteiger partial charge in [-0.15, -0.1) is 0 Å². The van der Waals surface area contributed by atoms with Crippen LogP contribution >= 0.6 is 11.3 Å². The molecule has 0 saturated carbocycles. The Balaban J connectivity index is 2.97. The summed E-state index contributed by atoms with van der Waals surface area (Å²) < 4.78 is 4.91. The fourth-order valence-corrected chi connectivity index (χ4v) is 2.16. The van der Waals surface area contributed by atoms with Crippen molar-refractivity contribution in [2.45, 2.75) is 27.7 Å². The summed E-state index contributed by atoms with van der Waals surface area (Å²) in [6.07, 6.45) is 0. The second-order valence-electron chi connectivity index (χ2n) is 4.14. The molecule has 0 atom stereocenters. The van der Waals surface area contributed by atoms with Crippen LogP contribution in [-0.2, 0) is 9.53 Å². The van der Waals surface area contributed by atoms with Crippen molar-refractivity contribution in [3.63, 3.8) is 0 Å². The number of esters is 1. The van der Waals surface area contributed by atoms with Gasteiger partial charge in [-0.25, -0.2) is 0 Å². The fraction of sp³-hybridized carbons (Fsp3) is 0.500. The quantitative estimate of drug-likeness (QED) is 0.462. The predicted molar refractivity (Wildman–Crippen MR) is 63.8 cm³/mol. The zero-order chi connectivity index (χ0) is 12.3. The third-order valence-corrected chi connectivity index (χ3v) is 3.31. The number of rotatable bonds is 4. The lowest BCUT2D eigenvalue weighted by Crippen LogP contribution is -2.35. The van der Waals surface area contributed by atoms with Crippen molar-refractivity contribution in [2.75, 3.05) is 6.61 Å². The molecular formula is C12H16O3S. The number of ether oxygens (including phenoxy) is 1. The predicted octanol–water partition coefficient (Wildman–Crippen LogP) is 2.83. The maximum Gasteiger partial charge on any atom is 0.319 e. The van der Waals surface area contributed by atoms with Crippen LogP contribution in [0.15, 0.2) is 10.8 Å². The summed E-state index contributed by atoms with van der Waals surface area (Å²) in [5.41, 5.74) is 0.414. The Bertz CT molecular complexity index is 404. The van der Waals surface area contributed by atoms with E-state index < -0.39 is 11.4 Å². The monoisotopic (exact) mass is 240 g/mol. The highest BCUT2D eigenvalue weighted by molar-refractivity contribution is 7.08. The third kappa shape index (κ3) is 2.32. The van der Waals surface area contributed by atoms with Crippen molar-refractivity contribution >= 4 is 23.1 Å². The molecule has 0 amide bonds. The normalized spacial score (nSPS) is 11.2. The molecule has 0 saturated heterocycles. The number of carbonyl (C=O) groups is 2. The average Bonchev–Trinajstić information content (AvgIpc) is 2.63. The second-order valence-corrected chi connectivity index (χ2v) is 4.89. The number of hydrogen-bond acceptors (Lipinski definition) is 4. The second kappa shape index (κ2) is 4.78. The van der Waals surface area contributed by atoms with E-state index in [-0.39, 0.29) is 12.4 Å². The summed E-state index contributed by atoms with van der Waals surface area (Å²) in [5.74, 6) is -0.643. The van der Waals surface area contributed by atoms with Crippen LogP contribution < -0.4 is 0 Å². The Hall–Kier alpha value is -1.16. The molecule has 0 unspecified atom stereocenters. The molecule has 3 nitrogen and oxygen atoms in total. The van der Waals surface area contributed by atoms with E-state index >= 15 is 0 Å². The van der Waals surface area contributed by atoms with Crippen LogP contribution in [0.4, 0.5) is 0 Å². The Morgan fingerprint density at radius 1 is 1.38 bits per heavy atom. The minimum atomic E-state index is -1.11. The Labute approximate surface area is 99.4 Å². The van der Waals surface area contributed by atoms with Gasteiger partial charge in [0, 0.05) is 10.9 Å². The van der Waals surface area contributed by atoms with Gasteiger partial charge in [-0.1, -0.05) is 0 Å². The maximum atomic E-state index is 12.2. The van der Waals surface area contributed by atoms with E-state index in [4.69, 9.17) is 4.74 Å². The number of thiophene rings is 1. The van der Waals surface area contributed by atoms with Gasteiger partial charge in [0.2, 0.25) is 0 Å². The van der Waals surface area contributed by atoms with Crippen LogP contribution in [0.5, 0.6) is 0 Å². The summed E-state index contributed by atoms with van der Waals surface area (Å²) >= 11 is 1.46. The molecular weight excluding hydrogens is 224 g/mol. The van der Waals surface area contributed by atoms with Crippen LogP contribution in [0.25, 0.3) is 0 Å². The Morgan fingerprint density at radius 3 is 2.44 bits per heavy atom.